The molecule has 0 spiro atoms. The zero-order valence-corrected chi connectivity index (χ0v) is 25.3. The molecule has 2 aromatic carbocycles. The van der Waals surface area contributed by atoms with E-state index in [-0.39, 0.29) is 29.9 Å². The Morgan fingerprint density at radius 3 is 2.58 bits per heavy atom. The number of fused-ring (bicyclic) bond motifs is 1. The van der Waals surface area contributed by atoms with Gasteiger partial charge in [-0.2, -0.15) is 11.8 Å². The Balaban J connectivity index is 1.43. The summed E-state index contributed by atoms with van der Waals surface area (Å²) >= 11 is 9.56. The van der Waals surface area contributed by atoms with E-state index in [0.717, 1.165) is 45.4 Å². The number of thiazole rings is 1. The van der Waals surface area contributed by atoms with Crippen LogP contribution in [0, 0.1) is 5.92 Å². The number of nitrogens with zero attached hydrogens (tertiary/aromatic N) is 2. The van der Waals surface area contributed by atoms with Gasteiger partial charge >= 0.3 is 0 Å². The van der Waals surface area contributed by atoms with E-state index in [0.29, 0.717) is 42.8 Å². The fraction of sp³-hybridized carbons (Fsp3) is 0.419. The first kappa shape index (κ1) is 30.4. The van der Waals surface area contributed by atoms with Crippen molar-refractivity contribution in [1.82, 2.24) is 15.2 Å². The van der Waals surface area contributed by atoms with Crippen molar-refractivity contribution in [2.24, 2.45) is 5.92 Å². The monoisotopic (exact) mass is 597 g/mol. The van der Waals surface area contributed by atoms with Crippen LogP contribution in [0.3, 0.4) is 0 Å². The lowest BCUT2D eigenvalue weighted by Gasteiger charge is -2.26. The molecule has 1 N–H and O–H groups in total. The van der Waals surface area contributed by atoms with Gasteiger partial charge in [-0.3, -0.25) is 14.5 Å². The van der Waals surface area contributed by atoms with Crippen molar-refractivity contribution in [2.45, 2.75) is 45.1 Å². The van der Waals surface area contributed by atoms with E-state index in [1.807, 2.05) is 54.2 Å². The second-order valence-electron chi connectivity index (χ2n) is 10.4. The van der Waals surface area contributed by atoms with E-state index in [1.54, 1.807) is 6.07 Å². The summed E-state index contributed by atoms with van der Waals surface area (Å²) in [6.07, 6.45) is 1.91. The number of halogens is 1. The van der Waals surface area contributed by atoms with Gasteiger partial charge in [-0.25, -0.2) is 4.98 Å². The number of nitrogens with one attached hydrogen (secondary N) is 1. The molecule has 3 aromatic rings. The van der Waals surface area contributed by atoms with Gasteiger partial charge in [-0.1, -0.05) is 48.5 Å². The van der Waals surface area contributed by atoms with E-state index in [2.05, 4.69) is 21.8 Å². The number of carbonyl (C=O) groups excluding carboxylic acids is 3. The summed E-state index contributed by atoms with van der Waals surface area (Å²) in [5.41, 5.74) is 2.54. The minimum absolute atomic E-state index is 0.0407. The quantitative estimate of drug-likeness (QED) is 0.238. The Morgan fingerprint density at radius 2 is 1.85 bits per heavy atom. The maximum absolute atomic E-state index is 13.6. The zero-order valence-electron chi connectivity index (χ0n) is 22.9. The molecule has 1 aromatic heterocycles. The van der Waals surface area contributed by atoms with Crippen LogP contribution in [0.4, 0.5) is 0 Å². The molecular weight excluding hydrogens is 562 g/mol. The fourth-order valence-corrected chi connectivity index (χ4v) is 7.19. The molecule has 2 atom stereocenters. The summed E-state index contributed by atoms with van der Waals surface area (Å²) in [6, 6.07) is 15.2. The maximum atomic E-state index is 13.6. The molecule has 0 radical (unpaired) electrons. The van der Waals surface area contributed by atoms with Crippen LogP contribution in [0.15, 0.2) is 60.7 Å². The highest BCUT2D eigenvalue weighted by Crippen LogP contribution is 2.27. The minimum Gasteiger partial charge on any atom is -0.353 e. The van der Waals surface area contributed by atoms with Crippen LogP contribution in [0.25, 0.3) is 10.2 Å². The van der Waals surface area contributed by atoms with Gasteiger partial charge in [0, 0.05) is 67.0 Å². The Bertz CT molecular complexity index is 1340. The lowest BCUT2D eigenvalue weighted by Crippen LogP contribution is -2.41. The standard InChI is InChI=1S/C31H36ClN3O3S2/c1-21(20-35-12-14-39-15-13-35)28(37)11-9-26(17-23-6-4-3-5-7-23)33-31(38)24(16-22(2)36)18-30-34-27-10-8-25(32)19-29(27)40-30/h3-8,10,19,24,26H,1,9,11-18,20H2,2H3,(H,33,38)/t24-,26+/m0/s1. The number of hydrogen-bond acceptors (Lipinski definition) is 7. The van der Waals surface area contributed by atoms with Gasteiger partial charge in [0.1, 0.15) is 5.78 Å². The highest BCUT2D eigenvalue weighted by molar-refractivity contribution is 7.99. The summed E-state index contributed by atoms with van der Waals surface area (Å²) in [6.45, 7) is 8.12. The Morgan fingerprint density at radius 1 is 1.10 bits per heavy atom. The fourth-order valence-electron chi connectivity index (χ4n) is 4.89. The Hall–Kier alpha value is -2.52. The van der Waals surface area contributed by atoms with Gasteiger partial charge in [0.15, 0.2) is 5.78 Å². The zero-order chi connectivity index (χ0) is 28.5. The first-order chi connectivity index (χ1) is 19.3. The maximum Gasteiger partial charge on any atom is 0.224 e. The molecule has 0 bridgehead atoms. The van der Waals surface area contributed by atoms with Gasteiger partial charge in [0.25, 0.3) is 0 Å². The molecule has 212 valence electrons. The van der Waals surface area contributed by atoms with Crippen LogP contribution in [0.2, 0.25) is 5.02 Å². The predicted molar refractivity (Wildman–Crippen MR) is 166 cm³/mol. The Kier molecular flexibility index (Phi) is 11.4. The topological polar surface area (TPSA) is 79.4 Å². The smallest absolute Gasteiger partial charge is 0.224 e. The predicted octanol–water partition coefficient (Wildman–Crippen LogP) is 5.77. The highest BCUT2D eigenvalue weighted by Gasteiger charge is 2.26. The van der Waals surface area contributed by atoms with E-state index >= 15 is 0 Å². The lowest BCUT2D eigenvalue weighted by atomic mass is 9.95. The number of carbonyl (C=O) groups is 3. The van der Waals surface area contributed by atoms with Crippen molar-refractivity contribution in [2.75, 3.05) is 31.1 Å². The third kappa shape index (κ3) is 9.26. The van der Waals surface area contributed by atoms with Crippen LogP contribution < -0.4 is 5.32 Å². The molecule has 40 heavy (non-hydrogen) atoms. The van der Waals surface area contributed by atoms with Crippen LogP contribution in [-0.4, -0.2) is 64.5 Å². The van der Waals surface area contributed by atoms with Crippen molar-refractivity contribution >= 4 is 62.4 Å². The van der Waals surface area contributed by atoms with Crippen LogP contribution in [0.5, 0.6) is 0 Å². The number of benzene rings is 2. The minimum atomic E-state index is -0.547. The first-order valence-corrected chi connectivity index (χ1v) is 16.0. The van der Waals surface area contributed by atoms with Crippen molar-refractivity contribution in [1.29, 1.82) is 0 Å². The molecule has 1 amide bonds. The third-order valence-corrected chi connectivity index (χ3v) is 9.24. The molecule has 1 aliphatic rings. The van der Waals surface area contributed by atoms with Gasteiger partial charge in [0.2, 0.25) is 5.91 Å². The summed E-state index contributed by atoms with van der Waals surface area (Å²) in [5, 5.41) is 4.61. The highest BCUT2D eigenvalue weighted by atomic mass is 35.5. The lowest BCUT2D eigenvalue weighted by molar-refractivity contribution is -0.129. The molecule has 4 rings (SSSR count). The first-order valence-electron chi connectivity index (χ1n) is 13.7. The van der Waals surface area contributed by atoms with Gasteiger partial charge in [-0.15, -0.1) is 11.3 Å². The molecule has 1 aliphatic heterocycles. The summed E-state index contributed by atoms with van der Waals surface area (Å²) < 4.78 is 0.952. The number of aromatic nitrogens is 1. The van der Waals surface area contributed by atoms with Crippen LogP contribution in [0.1, 0.15) is 36.8 Å². The number of ketones is 2. The van der Waals surface area contributed by atoms with Crippen LogP contribution in [-0.2, 0) is 27.2 Å². The summed E-state index contributed by atoms with van der Waals surface area (Å²) in [4.78, 5) is 45.6. The molecule has 2 heterocycles. The molecule has 1 saturated heterocycles. The number of amides is 1. The van der Waals surface area contributed by atoms with Crippen molar-refractivity contribution in [3.05, 3.63) is 76.3 Å². The molecule has 0 aliphatic carbocycles. The average molecular weight is 598 g/mol. The molecule has 1 fully saturated rings. The van der Waals surface area contributed by atoms with Crippen molar-refractivity contribution < 1.29 is 14.4 Å². The number of Topliss-reactive ketones (excluding diaryl/α,β-unsaturated/α-hetero) is 2. The largest absolute Gasteiger partial charge is 0.353 e. The van der Waals surface area contributed by atoms with Crippen molar-refractivity contribution in [3.63, 3.8) is 0 Å². The summed E-state index contributed by atoms with van der Waals surface area (Å²) in [5.74, 6) is 1.42. The third-order valence-electron chi connectivity index (χ3n) is 7.02. The Labute approximate surface area is 249 Å². The SMILES string of the molecule is C=C(CN1CCSCC1)C(=O)CC[C@H](Cc1ccccc1)NC(=O)[C@@H](CC(C)=O)Cc1nc2ccc(Cl)cc2s1. The van der Waals surface area contributed by atoms with E-state index in [9.17, 15) is 14.4 Å². The molecule has 9 heteroatoms. The second-order valence-corrected chi connectivity index (χ2v) is 13.2. The summed E-state index contributed by atoms with van der Waals surface area (Å²) in [7, 11) is 0. The molecule has 6 nitrogen and oxygen atoms in total. The van der Waals surface area contributed by atoms with E-state index in [1.165, 1.54) is 18.3 Å². The van der Waals surface area contributed by atoms with Crippen molar-refractivity contribution in [3.8, 4) is 0 Å². The van der Waals surface area contributed by atoms with Gasteiger partial charge < -0.3 is 10.1 Å². The van der Waals surface area contributed by atoms with E-state index < -0.39 is 5.92 Å². The second kappa shape index (κ2) is 14.9. The molecule has 0 unspecified atom stereocenters. The number of hydrogen-bond donors (Lipinski definition) is 1. The van der Waals surface area contributed by atoms with Crippen LogP contribution >= 0.6 is 34.7 Å². The van der Waals surface area contributed by atoms with E-state index in [4.69, 9.17) is 11.6 Å². The normalized spacial score (nSPS) is 15.4. The molecule has 0 saturated carbocycles. The molecular formula is C31H36ClN3O3S2. The number of thioether (sulfide) groups is 1. The average Bonchev–Trinajstić information content (AvgIpc) is 3.33. The van der Waals surface area contributed by atoms with Gasteiger partial charge in [0.05, 0.1) is 21.1 Å². The number of rotatable bonds is 14. The van der Waals surface area contributed by atoms with Gasteiger partial charge in [-0.05, 0) is 43.5 Å².